The van der Waals surface area contributed by atoms with Gasteiger partial charge >= 0.3 is 6.03 Å². The average molecular weight is 241 g/mol. The highest BCUT2D eigenvalue weighted by Crippen LogP contribution is 2.04. The SMILES string of the molecule is CCCCNC(=O)N1CCCN(CCC)CC1. The first-order valence-corrected chi connectivity index (χ1v) is 7.03. The number of carbonyl (C=O) groups excluding carboxylic acids is 1. The van der Waals surface area contributed by atoms with Crippen LogP contribution in [0.15, 0.2) is 0 Å². The molecule has 0 unspecified atom stereocenters. The fraction of sp³-hybridized carbons (Fsp3) is 0.923. The second-order valence-electron chi connectivity index (χ2n) is 4.77. The zero-order valence-corrected chi connectivity index (χ0v) is 11.4. The maximum absolute atomic E-state index is 11.9. The number of carbonyl (C=O) groups is 1. The Hall–Kier alpha value is -0.770. The van der Waals surface area contributed by atoms with Crippen LogP contribution in [0.3, 0.4) is 0 Å². The lowest BCUT2D eigenvalue weighted by atomic mass is 10.3. The third kappa shape index (κ3) is 5.39. The molecule has 4 heteroatoms. The quantitative estimate of drug-likeness (QED) is 0.746. The number of hydrogen-bond acceptors (Lipinski definition) is 2. The van der Waals surface area contributed by atoms with E-state index in [-0.39, 0.29) is 6.03 Å². The number of rotatable bonds is 5. The summed E-state index contributed by atoms with van der Waals surface area (Å²) in [7, 11) is 0. The molecule has 0 spiro atoms. The van der Waals surface area contributed by atoms with Crippen LogP contribution < -0.4 is 5.32 Å². The normalized spacial score (nSPS) is 17.9. The molecule has 0 aliphatic carbocycles. The van der Waals surface area contributed by atoms with E-state index < -0.39 is 0 Å². The summed E-state index contributed by atoms with van der Waals surface area (Å²) in [5, 5.41) is 3.00. The minimum absolute atomic E-state index is 0.122. The Balaban J connectivity index is 2.27. The van der Waals surface area contributed by atoms with Crippen molar-refractivity contribution in [1.29, 1.82) is 0 Å². The Kier molecular flexibility index (Phi) is 7.01. The Morgan fingerprint density at radius 3 is 2.65 bits per heavy atom. The molecule has 1 saturated heterocycles. The maximum Gasteiger partial charge on any atom is 0.317 e. The van der Waals surface area contributed by atoms with Gasteiger partial charge in [-0.05, 0) is 32.4 Å². The predicted octanol–water partition coefficient (Wildman–Crippen LogP) is 1.91. The predicted molar refractivity (Wildman–Crippen MR) is 71.2 cm³/mol. The molecule has 0 aromatic carbocycles. The number of hydrogen-bond donors (Lipinski definition) is 1. The van der Waals surface area contributed by atoms with E-state index in [2.05, 4.69) is 24.1 Å². The Bertz CT molecular complexity index is 221. The smallest absolute Gasteiger partial charge is 0.317 e. The van der Waals surface area contributed by atoms with Crippen LogP contribution in [-0.2, 0) is 0 Å². The molecule has 1 rings (SSSR count). The molecule has 1 N–H and O–H groups in total. The number of nitrogens with one attached hydrogen (secondary N) is 1. The largest absolute Gasteiger partial charge is 0.338 e. The van der Waals surface area contributed by atoms with E-state index in [1.54, 1.807) is 0 Å². The van der Waals surface area contributed by atoms with Crippen LogP contribution in [0.2, 0.25) is 0 Å². The van der Waals surface area contributed by atoms with Gasteiger partial charge in [0.1, 0.15) is 0 Å². The first kappa shape index (κ1) is 14.3. The number of nitrogens with zero attached hydrogens (tertiary/aromatic N) is 2. The highest BCUT2D eigenvalue weighted by atomic mass is 16.2. The molecule has 100 valence electrons. The van der Waals surface area contributed by atoms with E-state index in [1.165, 1.54) is 6.42 Å². The second-order valence-corrected chi connectivity index (χ2v) is 4.77. The minimum atomic E-state index is 0.122. The first-order chi connectivity index (χ1) is 8.27. The fourth-order valence-corrected chi connectivity index (χ4v) is 2.20. The summed E-state index contributed by atoms with van der Waals surface area (Å²) in [4.78, 5) is 16.3. The summed E-state index contributed by atoms with van der Waals surface area (Å²) in [6, 6.07) is 0.122. The summed E-state index contributed by atoms with van der Waals surface area (Å²) >= 11 is 0. The van der Waals surface area contributed by atoms with Crippen molar-refractivity contribution in [3.05, 3.63) is 0 Å². The van der Waals surface area contributed by atoms with Crippen LogP contribution in [0, 0.1) is 0 Å². The molecule has 2 amide bonds. The molecule has 1 heterocycles. The van der Waals surface area contributed by atoms with Crippen molar-refractivity contribution >= 4 is 6.03 Å². The zero-order chi connectivity index (χ0) is 12.5. The summed E-state index contributed by atoms with van der Waals surface area (Å²) in [5.41, 5.74) is 0. The van der Waals surface area contributed by atoms with Crippen molar-refractivity contribution in [3.63, 3.8) is 0 Å². The van der Waals surface area contributed by atoms with Crippen molar-refractivity contribution in [2.45, 2.75) is 39.5 Å². The highest BCUT2D eigenvalue weighted by Gasteiger charge is 2.17. The summed E-state index contributed by atoms with van der Waals surface area (Å²) < 4.78 is 0. The van der Waals surface area contributed by atoms with E-state index >= 15 is 0 Å². The molecule has 1 fully saturated rings. The molecule has 0 aromatic rings. The van der Waals surface area contributed by atoms with Crippen molar-refractivity contribution in [2.24, 2.45) is 0 Å². The van der Waals surface area contributed by atoms with Crippen LogP contribution in [0.1, 0.15) is 39.5 Å². The molecule has 1 aliphatic rings. The van der Waals surface area contributed by atoms with Crippen molar-refractivity contribution in [2.75, 3.05) is 39.3 Å². The number of amides is 2. The molecule has 17 heavy (non-hydrogen) atoms. The summed E-state index contributed by atoms with van der Waals surface area (Å²) in [6.45, 7) is 10.2. The monoisotopic (exact) mass is 241 g/mol. The Labute approximate surface area is 105 Å². The molecular formula is C13H27N3O. The Morgan fingerprint density at radius 2 is 1.94 bits per heavy atom. The molecule has 0 saturated carbocycles. The molecule has 4 nitrogen and oxygen atoms in total. The van der Waals surface area contributed by atoms with Crippen LogP contribution in [-0.4, -0.2) is 55.1 Å². The van der Waals surface area contributed by atoms with Gasteiger partial charge < -0.3 is 15.1 Å². The molecule has 0 radical (unpaired) electrons. The van der Waals surface area contributed by atoms with Gasteiger partial charge in [-0.15, -0.1) is 0 Å². The van der Waals surface area contributed by atoms with Crippen molar-refractivity contribution < 1.29 is 4.79 Å². The molecule has 1 aliphatic heterocycles. The summed E-state index contributed by atoms with van der Waals surface area (Å²) in [6.07, 6.45) is 4.50. The maximum atomic E-state index is 11.9. The van der Waals surface area contributed by atoms with Gasteiger partial charge in [-0.1, -0.05) is 20.3 Å². The zero-order valence-electron chi connectivity index (χ0n) is 11.4. The fourth-order valence-electron chi connectivity index (χ4n) is 2.20. The highest BCUT2D eigenvalue weighted by molar-refractivity contribution is 5.74. The number of unbranched alkanes of at least 4 members (excludes halogenated alkanes) is 1. The standard InChI is InChI=1S/C13H27N3O/c1-3-5-7-14-13(17)16-10-6-9-15(8-4-2)11-12-16/h3-12H2,1-2H3,(H,14,17). The van der Waals surface area contributed by atoms with E-state index in [1.807, 2.05) is 4.90 Å². The lowest BCUT2D eigenvalue weighted by molar-refractivity contribution is 0.198. The van der Waals surface area contributed by atoms with Crippen molar-refractivity contribution in [3.8, 4) is 0 Å². The number of urea groups is 1. The van der Waals surface area contributed by atoms with Crippen LogP contribution in [0.5, 0.6) is 0 Å². The van der Waals surface area contributed by atoms with Gasteiger partial charge in [0.05, 0.1) is 0 Å². The van der Waals surface area contributed by atoms with Gasteiger partial charge in [-0.2, -0.15) is 0 Å². The van der Waals surface area contributed by atoms with Gasteiger partial charge in [-0.3, -0.25) is 0 Å². The van der Waals surface area contributed by atoms with E-state index in [0.717, 1.165) is 58.5 Å². The van der Waals surface area contributed by atoms with Gasteiger partial charge in [0.25, 0.3) is 0 Å². The minimum Gasteiger partial charge on any atom is -0.338 e. The van der Waals surface area contributed by atoms with Crippen LogP contribution >= 0.6 is 0 Å². The van der Waals surface area contributed by atoms with E-state index in [9.17, 15) is 4.79 Å². The van der Waals surface area contributed by atoms with E-state index in [0.29, 0.717) is 0 Å². The third-order valence-electron chi connectivity index (χ3n) is 3.22. The van der Waals surface area contributed by atoms with Gasteiger partial charge in [0.15, 0.2) is 0 Å². The van der Waals surface area contributed by atoms with Crippen LogP contribution in [0.25, 0.3) is 0 Å². The topological polar surface area (TPSA) is 35.6 Å². The second kappa shape index (κ2) is 8.34. The molecule has 0 bridgehead atoms. The third-order valence-corrected chi connectivity index (χ3v) is 3.22. The molecular weight excluding hydrogens is 214 g/mol. The summed E-state index contributed by atoms with van der Waals surface area (Å²) in [5.74, 6) is 0. The lowest BCUT2D eigenvalue weighted by Crippen LogP contribution is -2.42. The van der Waals surface area contributed by atoms with Gasteiger partial charge in [0, 0.05) is 26.2 Å². The van der Waals surface area contributed by atoms with E-state index in [4.69, 9.17) is 0 Å². The molecule has 0 atom stereocenters. The Morgan fingerprint density at radius 1 is 1.12 bits per heavy atom. The van der Waals surface area contributed by atoms with Gasteiger partial charge in [0.2, 0.25) is 0 Å². The lowest BCUT2D eigenvalue weighted by Gasteiger charge is -2.22. The first-order valence-electron chi connectivity index (χ1n) is 7.03. The van der Waals surface area contributed by atoms with Crippen molar-refractivity contribution in [1.82, 2.24) is 15.1 Å². The van der Waals surface area contributed by atoms with Gasteiger partial charge in [-0.25, -0.2) is 4.79 Å². The molecule has 0 aromatic heterocycles. The average Bonchev–Trinajstić information content (AvgIpc) is 2.55. The van der Waals surface area contributed by atoms with Crippen LogP contribution in [0.4, 0.5) is 4.79 Å².